The van der Waals surface area contributed by atoms with Gasteiger partial charge in [-0.2, -0.15) is 6.08 Å². The zero-order valence-corrected chi connectivity index (χ0v) is 20.2. The van der Waals surface area contributed by atoms with Crippen molar-refractivity contribution >= 4 is 9.52 Å². The van der Waals surface area contributed by atoms with Crippen molar-refractivity contribution in [2.75, 3.05) is 0 Å². The summed E-state index contributed by atoms with van der Waals surface area (Å²) < 4.78 is 5.69. The molecule has 1 aromatic carbocycles. The molecule has 0 saturated heterocycles. The fraction of sp³-hybridized carbons (Fsp3) is 0.391. The summed E-state index contributed by atoms with van der Waals surface area (Å²) in [6, 6.07) is 9.84. The molecule has 0 saturated carbocycles. The molecule has 0 heterocycles. The zero-order valence-electron chi connectivity index (χ0n) is 17.5. The van der Waals surface area contributed by atoms with Gasteiger partial charge in [0.2, 0.25) is 0 Å². The average Bonchev–Trinajstić information content (AvgIpc) is 3.11. The van der Waals surface area contributed by atoms with Crippen molar-refractivity contribution in [2.45, 2.75) is 54.1 Å². The van der Waals surface area contributed by atoms with Crippen LogP contribution in [0.3, 0.4) is 0 Å². The van der Waals surface area contributed by atoms with Gasteiger partial charge in [0.05, 0.1) is 6.26 Å². The van der Waals surface area contributed by atoms with Crippen LogP contribution in [0.4, 0.5) is 0 Å². The fourth-order valence-corrected chi connectivity index (χ4v) is 1.71. The predicted molar refractivity (Wildman–Crippen MR) is 114 cm³/mol. The molecule has 0 N–H and O–H groups in total. The molecule has 0 aliphatic heterocycles. The normalized spacial score (nSPS) is 12.0. The summed E-state index contributed by atoms with van der Waals surface area (Å²) in [5.41, 5.74) is 2.57. The summed E-state index contributed by atoms with van der Waals surface area (Å²) in [5, 5.41) is 0. The van der Waals surface area contributed by atoms with Gasteiger partial charge in [-0.1, -0.05) is 63.7 Å². The minimum Gasteiger partial charge on any atom is -0.465 e. The van der Waals surface area contributed by atoms with E-state index in [1.165, 1.54) is 11.1 Å². The molecule has 0 fully saturated rings. The number of para-hydroxylation sites is 1. The van der Waals surface area contributed by atoms with E-state index in [1.54, 1.807) is 0 Å². The number of benzene rings is 1. The first-order valence-electron chi connectivity index (χ1n) is 8.84. The molecule has 1 aliphatic rings. The van der Waals surface area contributed by atoms with E-state index in [0.29, 0.717) is 0 Å². The number of hydrogen-bond acceptors (Lipinski definition) is 1. The van der Waals surface area contributed by atoms with E-state index in [2.05, 4.69) is 65.9 Å². The van der Waals surface area contributed by atoms with Crippen molar-refractivity contribution in [3.8, 4) is 5.75 Å². The summed E-state index contributed by atoms with van der Waals surface area (Å²) in [4.78, 5) is 0. The van der Waals surface area contributed by atoms with E-state index in [0.717, 1.165) is 21.7 Å². The Labute approximate surface area is 179 Å². The minimum atomic E-state index is 0. The third kappa shape index (κ3) is 15.2. The molecule has 0 atom stereocenters. The van der Waals surface area contributed by atoms with E-state index in [4.69, 9.17) is 4.74 Å². The number of allylic oxidation sites excluding steroid dienone is 7. The van der Waals surface area contributed by atoms with Crippen LogP contribution in [-0.2, 0) is 21.7 Å². The molecule has 1 aliphatic carbocycles. The van der Waals surface area contributed by atoms with Gasteiger partial charge in [0, 0.05) is 31.2 Å². The molecule has 0 aromatic heterocycles. The Balaban J connectivity index is 0. The molecule has 1 nitrogen and oxygen atoms in total. The Morgan fingerprint density at radius 2 is 1.69 bits per heavy atom. The largest absolute Gasteiger partial charge is 0.465 e. The maximum absolute atomic E-state index is 5.69. The van der Waals surface area contributed by atoms with Crippen LogP contribution in [0, 0.1) is 11.5 Å². The van der Waals surface area contributed by atoms with Crippen molar-refractivity contribution in [2.24, 2.45) is 5.41 Å². The Morgan fingerprint density at radius 3 is 2.04 bits per heavy atom. The quantitative estimate of drug-likeness (QED) is 0.234. The second-order valence-corrected chi connectivity index (χ2v) is 8.21. The molecule has 0 spiro atoms. The molecule has 0 amide bonds. The van der Waals surface area contributed by atoms with Gasteiger partial charge in [-0.05, 0) is 37.0 Å². The van der Waals surface area contributed by atoms with Crippen LogP contribution in [0.5, 0.6) is 5.75 Å². The van der Waals surface area contributed by atoms with E-state index in [9.17, 15) is 0 Å². The number of ether oxygens (including phenoxy) is 1. The fourth-order valence-electron chi connectivity index (χ4n) is 1.71. The zero-order chi connectivity index (χ0) is 19.1. The van der Waals surface area contributed by atoms with Gasteiger partial charge in [0.1, 0.15) is 5.75 Å². The predicted octanol–water partition coefficient (Wildman–Crippen LogP) is 6.78. The molecular formula is C23H34OSiTi-. The molecule has 1 aromatic rings. The molecule has 26 heavy (non-hydrogen) atoms. The van der Waals surface area contributed by atoms with Crippen LogP contribution in [0.2, 0.25) is 13.1 Å². The Morgan fingerprint density at radius 1 is 1.12 bits per heavy atom. The molecule has 3 heteroatoms. The third-order valence-corrected chi connectivity index (χ3v) is 2.96. The summed E-state index contributed by atoms with van der Waals surface area (Å²) in [6.07, 6.45) is 14.0. The second kappa shape index (κ2) is 16.1. The van der Waals surface area contributed by atoms with Gasteiger partial charge in [-0.3, -0.25) is 6.08 Å². The first-order valence-corrected chi connectivity index (χ1v) is 11.1. The van der Waals surface area contributed by atoms with Crippen molar-refractivity contribution in [3.63, 3.8) is 0 Å². The molecule has 141 valence electrons. The van der Waals surface area contributed by atoms with E-state index >= 15 is 0 Å². The van der Waals surface area contributed by atoms with Crippen molar-refractivity contribution in [1.82, 2.24) is 0 Å². The van der Waals surface area contributed by atoms with Crippen LogP contribution < -0.4 is 4.74 Å². The van der Waals surface area contributed by atoms with Crippen LogP contribution in [0.25, 0.3) is 0 Å². The standard InChI is InChI=1S/C16H22O.C5H5.C2H7Si.Ti/c1-13(2)11-14(16(3,4)5)12-17-15-9-7-6-8-10-15;1-2-4-5-3-1;1-3-2;/h6-12H,1-5H3;1-3H,4H2;3H,1-2H3;/q;-1;;. The summed E-state index contributed by atoms with van der Waals surface area (Å²) >= 11 is 0. The first-order chi connectivity index (χ1) is 11.8. The van der Waals surface area contributed by atoms with Crippen LogP contribution in [0.1, 0.15) is 41.0 Å². The summed E-state index contributed by atoms with van der Waals surface area (Å²) in [5.74, 6) is 0.872. The van der Waals surface area contributed by atoms with Crippen LogP contribution in [-0.4, -0.2) is 9.52 Å². The Kier molecular flexibility index (Phi) is 16.8. The Bertz CT molecular complexity index is 564. The molecule has 0 bridgehead atoms. The van der Waals surface area contributed by atoms with Gasteiger partial charge in [-0.15, -0.1) is 6.42 Å². The smallest absolute Gasteiger partial charge is 0.126 e. The molecule has 0 unspecified atom stereocenters. The Hall–Kier alpha value is -1.09. The minimum absolute atomic E-state index is 0. The monoisotopic (exact) mass is 402 g/mol. The van der Waals surface area contributed by atoms with Crippen molar-refractivity contribution in [3.05, 3.63) is 78.1 Å². The van der Waals surface area contributed by atoms with Gasteiger partial charge >= 0.3 is 0 Å². The van der Waals surface area contributed by atoms with Gasteiger partial charge in [-0.25, -0.2) is 12.2 Å². The molecule has 2 rings (SSSR count). The van der Waals surface area contributed by atoms with Gasteiger partial charge < -0.3 is 4.74 Å². The van der Waals surface area contributed by atoms with Gasteiger partial charge in [0.25, 0.3) is 0 Å². The number of rotatable bonds is 3. The maximum Gasteiger partial charge on any atom is 0.126 e. The third-order valence-electron chi connectivity index (χ3n) is 2.96. The van der Waals surface area contributed by atoms with E-state index in [1.807, 2.05) is 48.7 Å². The summed E-state index contributed by atoms with van der Waals surface area (Å²) in [7, 11) is 0.750. The van der Waals surface area contributed by atoms with E-state index in [-0.39, 0.29) is 27.1 Å². The number of hydrogen-bond donors (Lipinski definition) is 0. The van der Waals surface area contributed by atoms with Crippen molar-refractivity contribution < 1.29 is 26.5 Å². The second-order valence-electron chi connectivity index (χ2n) is 7.06. The van der Waals surface area contributed by atoms with Crippen LogP contribution in [0.15, 0.2) is 72.0 Å². The molecule has 1 radical (unpaired) electrons. The SMILES string of the molecule is CC(C)=CC(=COc1ccccc1)C(C)(C)C.C[SiH]C.[C-]1=CC=CC1.[Ti]. The first kappa shape index (κ1) is 27.1. The molecular weight excluding hydrogens is 368 g/mol. The van der Waals surface area contributed by atoms with Crippen molar-refractivity contribution in [1.29, 1.82) is 0 Å². The maximum atomic E-state index is 5.69. The van der Waals surface area contributed by atoms with Gasteiger partial charge in [0.15, 0.2) is 0 Å². The average molecular weight is 402 g/mol. The van der Waals surface area contributed by atoms with Crippen LogP contribution >= 0.6 is 0 Å². The van der Waals surface area contributed by atoms with E-state index < -0.39 is 0 Å². The summed E-state index contributed by atoms with van der Waals surface area (Å²) in [6.45, 7) is 15.2. The topological polar surface area (TPSA) is 9.23 Å².